The molecule has 0 aromatic rings. The van der Waals surface area contributed by atoms with Crippen LogP contribution in [-0.2, 0) is 0 Å². The molecule has 0 aromatic carbocycles. The van der Waals surface area contributed by atoms with E-state index in [9.17, 15) is 0 Å². The van der Waals surface area contributed by atoms with Gasteiger partial charge in [0.25, 0.3) is 0 Å². The standard InChI is InChI=1S/C11H27N3/c1-4-6-11(12)7-5-8-13-9-10-14(2)3/h11,13H,4-10,12H2,1-3H3/t11-/m0/s1. The summed E-state index contributed by atoms with van der Waals surface area (Å²) in [4.78, 5) is 2.19. The Bertz CT molecular complexity index is 115. The second kappa shape index (κ2) is 9.44. The summed E-state index contributed by atoms with van der Waals surface area (Å²) in [7, 11) is 4.19. The van der Waals surface area contributed by atoms with Gasteiger partial charge in [-0.2, -0.15) is 0 Å². The summed E-state index contributed by atoms with van der Waals surface area (Å²) in [6, 6.07) is 0.413. The van der Waals surface area contributed by atoms with Gasteiger partial charge >= 0.3 is 0 Å². The monoisotopic (exact) mass is 201 g/mol. The summed E-state index contributed by atoms with van der Waals surface area (Å²) in [5.41, 5.74) is 5.91. The van der Waals surface area contributed by atoms with Crippen molar-refractivity contribution in [2.45, 2.75) is 38.6 Å². The molecule has 0 unspecified atom stereocenters. The lowest BCUT2D eigenvalue weighted by atomic mass is 10.1. The molecule has 0 radical (unpaired) electrons. The molecular weight excluding hydrogens is 174 g/mol. The maximum absolute atomic E-state index is 5.91. The Hall–Kier alpha value is -0.120. The Morgan fingerprint density at radius 3 is 2.50 bits per heavy atom. The van der Waals surface area contributed by atoms with Crippen molar-refractivity contribution in [1.29, 1.82) is 0 Å². The molecule has 0 amide bonds. The molecule has 0 aliphatic carbocycles. The lowest BCUT2D eigenvalue weighted by Crippen LogP contribution is -2.28. The lowest BCUT2D eigenvalue weighted by Gasteiger charge is -2.12. The average Bonchev–Trinajstić information content (AvgIpc) is 2.11. The molecule has 0 aromatic heterocycles. The molecule has 1 atom stereocenters. The summed E-state index contributed by atoms with van der Waals surface area (Å²) in [5, 5.41) is 3.42. The van der Waals surface area contributed by atoms with Crippen LogP contribution in [0.1, 0.15) is 32.6 Å². The molecular formula is C11H27N3. The normalized spacial score (nSPS) is 13.5. The van der Waals surface area contributed by atoms with Crippen LogP contribution in [0, 0.1) is 0 Å². The van der Waals surface area contributed by atoms with Crippen molar-refractivity contribution >= 4 is 0 Å². The first kappa shape index (κ1) is 13.9. The quantitative estimate of drug-likeness (QED) is 0.548. The van der Waals surface area contributed by atoms with E-state index < -0.39 is 0 Å². The highest BCUT2D eigenvalue weighted by molar-refractivity contribution is 4.61. The van der Waals surface area contributed by atoms with E-state index in [1.807, 2.05) is 0 Å². The Kier molecular flexibility index (Phi) is 9.35. The van der Waals surface area contributed by atoms with Gasteiger partial charge in [0.15, 0.2) is 0 Å². The lowest BCUT2D eigenvalue weighted by molar-refractivity contribution is 0.397. The van der Waals surface area contributed by atoms with Gasteiger partial charge in [0, 0.05) is 19.1 Å². The Labute approximate surface area is 89.0 Å². The molecule has 14 heavy (non-hydrogen) atoms. The number of hydrogen-bond donors (Lipinski definition) is 2. The Balaban J connectivity index is 3.05. The molecule has 0 bridgehead atoms. The maximum Gasteiger partial charge on any atom is 0.0101 e. The van der Waals surface area contributed by atoms with Crippen LogP contribution in [0.3, 0.4) is 0 Å². The molecule has 0 saturated carbocycles. The zero-order valence-electron chi connectivity index (χ0n) is 10.1. The van der Waals surface area contributed by atoms with Crippen molar-refractivity contribution in [1.82, 2.24) is 10.2 Å². The number of nitrogens with zero attached hydrogens (tertiary/aromatic N) is 1. The number of nitrogens with two attached hydrogens (primary N) is 1. The first-order valence-corrected chi connectivity index (χ1v) is 5.77. The molecule has 0 spiro atoms. The minimum Gasteiger partial charge on any atom is -0.328 e. The summed E-state index contributed by atoms with van der Waals surface area (Å²) in [6.45, 7) is 5.48. The predicted molar refractivity (Wildman–Crippen MR) is 63.5 cm³/mol. The second-order valence-electron chi connectivity index (χ2n) is 4.24. The largest absolute Gasteiger partial charge is 0.328 e. The van der Waals surface area contributed by atoms with E-state index in [4.69, 9.17) is 5.73 Å². The van der Waals surface area contributed by atoms with Gasteiger partial charge in [0.2, 0.25) is 0 Å². The zero-order chi connectivity index (χ0) is 10.8. The molecule has 3 heteroatoms. The van der Waals surface area contributed by atoms with Crippen molar-refractivity contribution in [3.05, 3.63) is 0 Å². The zero-order valence-corrected chi connectivity index (χ0v) is 10.1. The van der Waals surface area contributed by atoms with Crippen molar-refractivity contribution < 1.29 is 0 Å². The van der Waals surface area contributed by atoms with E-state index in [2.05, 4.69) is 31.2 Å². The van der Waals surface area contributed by atoms with Gasteiger partial charge in [-0.25, -0.2) is 0 Å². The van der Waals surface area contributed by atoms with Gasteiger partial charge in [-0.3, -0.25) is 0 Å². The van der Waals surface area contributed by atoms with Gasteiger partial charge in [-0.15, -0.1) is 0 Å². The molecule has 0 rings (SSSR count). The fourth-order valence-electron chi connectivity index (χ4n) is 1.43. The molecule has 86 valence electrons. The fourth-order valence-corrected chi connectivity index (χ4v) is 1.43. The van der Waals surface area contributed by atoms with Crippen molar-refractivity contribution in [2.75, 3.05) is 33.7 Å². The van der Waals surface area contributed by atoms with Gasteiger partial charge < -0.3 is 16.0 Å². The van der Waals surface area contributed by atoms with Gasteiger partial charge in [0.1, 0.15) is 0 Å². The van der Waals surface area contributed by atoms with Crippen LogP contribution >= 0.6 is 0 Å². The van der Waals surface area contributed by atoms with E-state index >= 15 is 0 Å². The number of hydrogen-bond acceptors (Lipinski definition) is 3. The Morgan fingerprint density at radius 2 is 1.93 bits per heavy atom. The van der Waals surface area contributed by atoms with Gasteiger partial charge in [-0.05, 0) is 39.9 Å². The summed E-state index contributed by atoms with van der Waals surface area (Å²) in [5.74, 6) is 0. The molecule has 3 N–H and O–H groups in total. The minimum atomic E-state index is 0.413. The van der Waals surface area contributed by atoms with Crippen LogP contribution in [0.2, 0.25) is 0 Å². The first-order valence-electron chi connectivity index (χ1n) is 5.77. The fraction of sp³-hybridized carbons (Fsp3) is 1.00. The highest BCUT2D eigenvalue weighted by atomic mass is 15.1. The van der Waals surface area contributed by atoms with Crippen molar-refractivity contribution in [3.8, 4) is 0 Å². The highest BCUT2D eigenvalue weighted by Crippen LogP contribution is 2.00. The second-order valence-corrected chi connectivity index (χ2v) is 4.24. The molecule has 3 nitrogen and oxygen atoms in total. The maximum atomic E-state index is 5.91. The summed E-state index contributed by atoms with van der Waals surface area (Å²) >= 11 is 0. The van der Waals surface area contributed by atoms with Crippen LogP contribution in [0.5, 0.6) is 0 Å². The summed E-state index contributed by atoms with van der Waals surface area (Å²) < 4.78 is 0. The molecule has 0 fully saturated rings. The van der Waals surface area contributed by atoms with Crippen LogP contribution < -0.4 is 11.1 Å². The number of rotatable bonds is 9. The highest BCUT2D eigenvalue weighted by Gasteiger charge is 1.99. The predicted octanol–water partition coefficient (Wildman–Crippen LogP) is 1.05. The SMILES string of the molecule is CCC[C@H](N)CCCNCCN(C)C. The number of likely N-dealkylation sites (N-methyl/N-ethyl adjacent to an activating group) is 1. The van der Waals surface area contributed by atoms with Gasteiger partial charge in [-0.1, -0.05) is 13.3 Å². The third kappa shape index (κ3) is 9.96. The minimum absolute atomic E-state index is 0.413. The average molecular weight is 201 g/mol. The summed E-state index contributed by atoms with van der Waals surface area (Å²) in [6.07, 6.45) is 4.73. The van der Waals surface area contributed by atoms with E-state index in [0.717, 1.165) is 32.5 Å². The van der Waals surface area contributed by atoms with E-state index in [1.54, 1.807) is 0 Å². The third-order valence-corrected chi connectivity index (χ3v) is 2.32. The Morgan fingerprint density at radius 1 is 1.21 bits per heavy atom. The topological polar surface area (TPSA) is 41.3 Å². The van der Waals surface area contributed by atoms with Crippen molar-refractivity contribution in [2.24, 2.45) is 5.73 Å². The molecule has 0 aliphatic heterocycles. The van der Waals surface area contributed by atoms with Gasteiger partial charge in [0.05, 0.1) is 0 Å². The van der Waals surface area contributed by atoms with E-state index in [0.29, 0.717) is 6.04 Å². The molecule has 0 heterocycles. The van der Waals surface area contributed by atoms with Crippen LogP contribution in [0.4, 0.5) is 0 Å². The molecule has 0 saturated heterocycles. The number of nitrogens with one attached hydrogen (secondary N) is 1. The first-order chi connectivity index (χ1) is 6.66. The van der Waals surface area contributed by atoms with Crippen LogP contribution in [0.25, 0.3) is 0 Å². The third-order valence-electron chi connectivity index (χ3n) is 2.32. The van der Waals surface area contributed by atoms with Crippen molar-refractivity contribution in [3.63, 3.8) is 0 Å². The van der Waals surface area contributed by atoms with E-state index in [-0.39, 0.29) is 0 Å². The van der Waals surface area contributed by atoms with Crippen LogP contribution in [-0.4, -0.2) is 44.7 Å². The van der Waals surface area contributed by atoms with Crippen LogP contribution in [0.15, 0.2) is 0 Å². The molecule has 0 aliphatic rings. The smallest absolute Gasteiger partial charge is 0.0101 e. The van der Waals surface area contributed by atoms with E-state index in [1.165, 1.54) is 12.8 Å².